The first kappa shape index (κ1) is 34.4. The predicted octanol–water partition coefficient (Wildman–Crippen LogP) is 5.79. The van der Waals surface area contributed by atoms with Gasteiger partial charge in [0.05, 0.1) is 19.4 Å². The number of aromatic nitrogens is 1. The molecule has 5 rings (SSSR count). The number of alkyl halides is 3. The maximum Gasteiger partial charge on any atom is 0.573 e. The Morgan fingerprint density at radius 3 is 2.18 bits per heavy atom. The quantitative estimate of drug-likeness (QED) is 0.154. The third-order valence-electron chi connectivity index (χ3n) is 7.83. The normalized spacial score (nSPS) is 11.9. The van der Waals surface area contributed by atoms with Crippen molar-refractivity contribution >= 4 is 34.2 Å². The Balaban J connectivity index is 1.37. The SMILES string of the molecule is Cc1ccn(Cc2ccc(OC(F)(F)F)cc2)c(=O)c1NC(=O)C(Cc1ccc(CC(=O)O)cc1)NC(=O)Cc1cccc2ccccc12. The Kier molecular flexibility index (Phi) is 10.5. The van der Waals surface area contributed by atoms with Gasteiger partial charge in [-0.3, -0.25) is 19.2 Å². The zero-order chi connectivity index (χ0) is 35.1. The molecular formula is C37H32F3N3O6. The summed E-state index contributed by atoms with van der Waals surface area (Å²) in [6.07, 6.45) is -3.45. The number of amides is 2. The molecular weight excluding hydrogens is 639 g/mol. The number of rotatable bonds is 12. The van der Waals surface area contributed by atoms with Gasteiger partial charge in [0.25, 0.3) is 5.56 Å². The molecule has 1 atom stereocenters. The molecule has 4 aromatic carbocycles. The molecule has 1 unspecified atom stereocenters. The van der Waals surface area contributed by atoms with E-state index in [1.54, 1.807) is 37.3 Å². The molecule has 1 aromatic heterocycles. The molecule has 2 amide bonds. The smallest absolute Gasteiger partial charge is 0.481 e. The minimum absolute atomic E-state index is 0.00215. The molecule has 252 valence electrons. The molecule has 0 saturated carbocycles. The van der Waals surface area contributed by atoms with E-state index >= 15 is 0 Å². The van der Waals surface area contributed by atoms with E-state index in [9.17, 15) is 32.3 Å². The second-order valence-corrected chi connectivity index (χ2v) is 11.5. The molecule has 0 aliphatic heterocycles. The molecule has 49 heavy (non-hydrogen) atoms. The van der Waals surface area contributed by atoms with Gasteiger partial charge in [-0.05, 0) is 63.7 Å². The molecule has 3 N–H and O–H groups in total. The highest BCUT2D eigenvalue weighted by atomic mass is 19.4. The van der Waals surface area contributed by atoms with Crippen LogP contribution in [0.25, 0.3) is 10.8 Å². The molecule has 1 heterocycles. The van der Waals surface area contributed by atoms with Crippen LogP contribution in [-0.4, -0.2) is 39.9 Å². The van der Waals surface area contributed by atoms with E-state index in [1.165, 1.54) is 22.9 Å². The number of carbonyl (C=O) groups is 3. The van der Waals surface area contributed by atoms with E-state index in [0.717, 1.165) is 28.5 Å². The number of carbonyl (C=O) groups excluding carboxylic acids is 2. The number of carboxylic acids is 1. The van der Waals surface area contributed by atoms with Crippen molar-refractivity contribution in [3.8, 4) is 5.75 Å². The first-order valence-corrected chi connectivity index (χ1v) is 15.3. The summed E-state index contributed by atoms with van der Waals surface area (Å²) in [5, 5.41) is 16.5. The molecule has 0 radical (unpaired) electrons. The van der Waals surface area contributed by atoms with Gasteiger partial charge in [-0.2, -0.15) is 0 Å². The standard InChI is InChI=1S/C37H32F3N3O6/c1-23-17-18-43(22-26-13-15-29(16-14-26)49-37(38,39)40)36(48)34(23)42-35(47)31(19-24-9-11-25(12-10-24)20-33(45)46)41-32(44)21-28-7-4-6-27-5-2-3-8-30(27)28/h2-18,31H,19-22H2,1H3,(H,41,44)(H,42,47)(H,45,46). The zero-order valence-corrected chi connectivity index (χ0v) is 26.3. The lowest BCUT2D eigenvalue weighted by Crippen LogP contribution is -2.46. The summed E-state index contributed by atoms with van der Waals surface area (Å²) in [7, 11) is 0. The van der Waals surface area contributed by atoms with Crippen LogP contribution in [0.15, 0.2) is 108 Å². The molecule has 0 aliphatic rings. The minimum atomic E-state index is -4.83. The Hall–Kier alpha value is -5.91. The van der Waals surface area contributed by atoms with Crippen molar-refractivity contribution in [1.29, 1.82) is 0 Å². The molecule has 0 bridgehead atoms. The molecule has 0 spiro atoms. The number of ether oxygens (including phenoxy) is 1. The third-order valence-corrected chi connectivity index (χ3v) is 7.83. The average Bonchev–Trinajstić information content (AvgIpc) is 3.05. The van der Waals surface area contributed by atoms with E-state index in [1.807, 2.05) is 42.5 Å². The molecule has 0 saturated heterocycles. The summed E-state index contributed by atoms with van der Waals surface area (Å²) < 4.78 is 42.8. The Labute approximate surface area is 279 Å². The number of halogens is 3. The monoisotopic (exact) mass is 671 g/mol. The van der Waals surface area contributed by atoms with Crippen molar-refractivity contribution in [1.82, 2.24) is 9.88 Å². The van der Waals surface area contributed by atoms with Crippen molar-refractivity contribution in [2.45, 2.75) is 45.1 Å². The lowest BCUT2D eigenvalue weighted by molar-refractivity contribution is -0.274. The first-order chi connectivity index (χ1) is 23.3. The second kappa shape index (κ2) is 14.9. The van der Waals surface area contributed by atoms with E-state index < -0.39 is 41.5 Å². The van der Waals surface area contributed by atoms with Gasteiger partial charge in [0.2, 0.25) is 11.8 Å². The van der Waals surface area contributed by atoms with Gasteiger partial charge < -0.3 is 25.0 Å². The Morgan fingerprint density at radius 1 is 0.837 bits per heavy atom. The van der Waals surface area contributed by atoms with Crippen molar-refractivity contribution < 1.29 is 37.4 Å². The third kappa shape index (κ3) is 9.34. The van der Waals surface area contributed by atoms with Crippen LogP contribution < -0.4 is 20.9 Å². The summed E-state index contributed by atoms with van der Waals surface area (Å²) in [6.45, 7) is 1.64. The number of nitrogens with zero attached hydrogens (tertiary/aromatic N) is 1. The van der Waals surface area contributed by atoms with E-state index in [0.29, 0.717) is 22.3 Å². The van der Waals surface area contributed by atoms with E-state index in [4.69, 9.17) is 5.11 Å². The van der Waals surface area contributed by atoms with Crippen molar-refractivity contribution in [2.24, 2.45) is 0 Å². The fourth-order valence-electron chi connectivity index (χ4n) is 5.42. The number of carboxylic acid groups (broad SMARTS) is 1. The highest BCUT2D eigenvalue weighted by molar-refractivity contribution is 5.98. The van der Waals surface area contributed by atoms with Crippen LogP contribution in [-0.2, 0) is 40.2 Å². The number of nitrogens with one attached hydrogen (secondary N) is 2. The van der Waals surface area contributed by atoms with Crippen LogP contribution in [0.1, 0.15) is 27.8 Å². The Morgan fingerprint density at radius 2 is 1.49 bits per heavy atom. The number of fused-ring (bicyclic) bond motifs is 1. The summed E-state index contributed by atoms with van der Waals surface area (Å²) in [6, 6.07) is 25.5. The van der Waals surface area contributed by atoms with Crippen LogP contribution in [0.2, 0.25) is 0 Å². The van der Waals surface area contributed by atoms with Crippen LogP contribution in [0.5, 0.6) is 5.75 Å². The van der Waals surface area contributed by atoms with Crippen molar-refractivity contribution in [3.05, 3.63) is 141 Å². The van der Waals surface area contributed by atoms with Crippen molar-refractivity contribution in [2.75, 3.05) is 5.32 Å². The van der Waals surface area contributed by atoms with Crippen LogP contribution in [0.3, 0.4) is 0 Å². The largest absolute Gasteiger partial charge is 0.573 e. The number of hydrogen-bond acceptors (Lipinski definition) is 5. The van der Waals surface area contributed by atoms with Gasteiger partial charge in [0.15, 0.2) is 0 Å². The van der Waals surface area contributed by atoms with Gasteiger partial charge in [0, 0.05) is 12.6 Å². The molecule has 5 aromatic rings. The Bertz CT molecular complexity index is 2040. The number of anilines is 1. The van der Waals surface area contributed by atoms with Gasteiger partial charge >= 0.3 is 12.3 Å². The molecule has 0 aliphatic carbocycles. The van der Waals surface area contributed by atoms with Crippen LogP contribution >= 0.6 is 0 Å². The first-order valence-electron chi connectivity index (χ1n) is 15.3. The minimum Gasteiger partial charge on any atom is -0.481 e. The summed E-state index contributed by atoms with van der Waals surface area (Å²) in [5.41, 5.74) is 2.40. The fraction of sp³-hybridized carbons (Fsp3) is 0.189. The van der Waals surface area contributed by atoms with Gasteiger partial charge in [-0.1, -0.05) is 78.9 Å². The van der Waals surface area contributed by atoms with Gasteiger partial charge in [0.1, 0.15) is 17.5 Å². The van der Waals surface area contributed by atoms with Crippen LogP contribution in [0, 0.1) is 6.92 Å². The summed E-state index contributed by atoms with van der Waals surface area (Å²) in [4.78, 5) is 51.8. The van der Waals surface area contributed by atoms with Crippen LogP contribution in [0.4, 0.5) is 18.9 Å². The lowest BCUT2D eigenvalue weighted by atomic mass is 10.0. The van der Waals surface area contributed by atoms with Gasteiger partial charge in [-0.15, -0.1) is 13.2 Å². The number of pyridine rings is 1. The number of benzene rings is 4. The number of hydrogen-bond donors (Lipinski definition) is 3. The topological polar surface area (TPSA) is 127 Å². The van der Waals surface area contributed by atoms with E-state index in [2.05, 4.69) is 15.4 Å². The second-order valence-electron chi connectivity index (χ2n) is 11.5. The van der Waals surface area contributed by atoms with Gasteiger partial charge in [-0.25, -0.2) is 0 Å². The number of aliphatic carboxylic acids is 1. The molecule has 0 fully saturated rings. The lowest BCUT2D eigenvalue weighted by Gasteiger charge is -2.20. The average molecular weight is 672 g/mol. The maximum atomic E-state index is 13.8. The summed E-state index contributed by atoms with van der Waals surface area (Å²) in [5.74, 6) is -2.45. The summed E-state index contributed by atoms with van der Waals surface area (Å²) >= 11 is 0. The molecule has 9 nitrogen and oxygen atoms in total. The van der Waals surface area contributed by atoms with Crippen molar-refractivity contribution in [3.63, 3.8) is 0 Å². The predicted molar refractivity (Wildman–Crippen MR) is 177 cm³/mol. The highest BCUT2D eigenvalue weighted by Gasteiger charge is 2.31. The zero-order valence-electron chi connectivity index (χ0n) is 26.3. The van der Waals surface area contributed by atoms with E-state index in [-0.39, 0.29) is 31.5 Å². The molecule has 12 heteroatoms. The maximum absolute atomic E-state index is 13.8. The highest BCUT2D eigenvalue weighted by Crippen LogP contribution is 2.23. The number of aryl methyl sites for hydroxylation is 1. The fourth-order valence-corrected chi connectivity index (χ4v) is 5.42.